The lowest BCUT2D eigenvalue weighted by atomic mass is 9.80. The molecule has 0 aromatic heterocycles. The summed E-state index contributed by atoms with van der Waals surface area (Å²) in [5.74, 6) is 0.688. The number of halogens is 1. The van der Waals surface area contributed by atoms with Gasteiger partial charge in [0.05, 0.1) is 0 Å². The Morgan fingerprint density at radius 3 is 2.55 bits per heavy atom. The third-order valence-electron chi connectivity index (χ3n) is 4.78. The fourth-order valence-corrected chi connectivity index (χ4v) is 3.42. The summed E-state index contributed by atoms with van der Waals surface area (Å²) in [6, 6.07) is 8.02. The summed E-state index contributed by atoms with van der Waals surface area (Å²) >= 11 is 0. The summed E-state index contributed by atoms with van der Waals surface area (Å²) in [4.78, 5) is 2.43. The van der Waals surface area contributed by atoms with E-state index in [0.717, 1.165) is 12.5 Å². The van der Waals surface area contributed by atoms with Gasteiger partial charge in [-0.05, 0) is 57.0 Å². The van der Waals surface area contributed by atoms with Gasteiger partial charge in [-0.2, -0.15) is 0 Å². The molecule has 1 aliphatic rings. The molecular formula is C17H27FN2. The maximum atomic E-state index is 13.0. The number of hydrogen-bond acceptors (Lipinski definition) is 2. The number of benzene rings is 1. The first kappa shape index (κ1) is 15.5. The average molecular weight is 278 g/mol. The standard InChI is InChI=1S/C17H27FN2/c1-4-13-7-10-16(19-2)17(11-13)20(3)12-14-5-8-15(18)9-6-14/h5-6,8-9,13,16-17,19H,4,7,10-12H2,1-3H3. The molecule has 3 atom stereocenters. The van der Waals surface area contributed by atoms with Crippen LogP contribution in [0.2, 0.25) is 0 Å². The van der Waals surface area contributed by atoms with Crippen LogP contribution in [-0.2, 0) is 6.54 Å². The highest BCUT2D eigenvalue weighted by atomic mass is 19.1. The molecule has 0 heterocycles. The minimum atomic E-state index is -0.159. The molecule has 20 heavy (non-hydrogen) atoms. The molecule has 2 rings (SSSR count). The Hall–Kier alpha value is -0.930. The zero-order valence-electron chi connectivity index (χ0n) is 12.9. The zero-order valence-corrected chi connectivity index (χ0v) is 12.9. The van der Waals surface area contributed by atoms with Gasteiger partial charge in [0, 0.05) is 18.6 Å². The highest BCUT2D eigenvalue weighted by molar-refractivity contribution is 5.16. The predicted molar refractivity (Wildman–Crippen MR) is 82.1 cm³/mol. The maximum absolute atomic E-state index is 13.0. The molecule has 0 bridgehead atoms. The lowest BCUT2D eigenvalue weighted by molar-refractivity contribution is 0.116. The van der Waals surface area contributed by atoms with E-state index in [4.69, 9.17) is 0 Å². The molecule has 112 valence electrons. The highest BCUT2D eigenvalue weighted by Crippen LogP contribution is 2.30. The maximum Gasteiger partial charge on any atom is 0.123 e. The summed E-state index contributed by atoms with van der Waals surface area (Å²) in [6.45, 7) is 3.18. The second-order valence-corrected chi connectivity index (χ2v) is 6.09. The molecule has 3 heteroatoms. The molecular weight excluding hydrogens is 251 g/mol. The number of nitrogens with one attached hydrogen (secondary N) is 1. The van der Waals surface area contributed by atoms with E-state index >= 15 is 0 Å². The Morgan fingerprint density at radius 1 is 1.25 bits per heavy atom. The molecule has 0 amide bonds. The number of rotatable bonds is 5. The van der Waals surface area contributed by atoms with Crippen molar-refractivity contribution in [2.24, 2.45) is 5.92 Å². The largest absolute Gasteiger partial charge is 0.315 e. The van der Waals surface area contributed by atoms with E-state index in [1.165, 1.54) is 31.2 Å². The molecule has 1 N–H and O–H groups in total. The summed E-state index contributed by atoms with van der Waals surface area (Å²) in [5, 5.41) is 3.47. The minimum Gasteiger partial charge on any atom is -0.315 e. The Morgan fingerprint density at radius 2 is 1.95 bits per heavy atom. The van der Waals surface area contributed by atoms with Gasteiger partial charge in [0.2, 0.25) is 0 Å². The molecule has 1 aromatic carbocycles. The van der Waals surface area contributed by atoms with Gasteiger partial charge < -0.3 is 5.32 Å². The van der Waals surface area contributed by atoms with Crippen molar-refractivity contribution in [1.29, 1.82) is 0 Å². The fourth-order valence-electron chi connectivity index (χ4n) is 3.42. The topological polar surface area (TPSA) is 15.3 Å². The van der Waals surface area contributed by atoms with Gasteiger partial charge in [-0.25, -0.2) is 4.39 Å². The van der Waals surface area contributed by atoms with Crippen LogP contribution in [0.15, 0.2) is 24.3 Å². The quantitative estimate of drug-likeness (QED) is 0.888. The summed E-state index contributed by atoms with van der Waals surface area (Å²) < 4.78 is 13.0. The van der Waals surface area contributed by atoms with Gasteiger partial charge in [-0.1, -0.05) is 25.5 Å². The third kappa shape index (κ3) is 3.80. The normalized spacial score (nSPS) is 26.9. The highest BCUT2D eigenvalue weighted by Gasteiger charge is 2.31. The van der Waals surface area contributed by atoms with Crippen LogP contribution in [0.5, 0.6) is 0 Å². The Kier molecular flexibility index (Phi) is 5.55. The van der Waals surface area contributed by atoms with Crippen LogP contribution in [0.25, 0.3) is 0 Å². The van der Waals surface area contributed by atoms with Gasteiger partial charge in [0.15, 0.2) is 0 Å². The van der Waals surface area contributed by atoms with Crippen molar-refractivity contribution < 1.29 is 4.39 Å². The first-order chi connectivity index (χ1) is 9.63. The van der Waals surface area contributed by atoms with Crippen LogP contribution in [0, 0.1) is 11.7 Å². The lowest BCUT2D eigenvalue weighted by Crippen LogP contribution is -2.50. The van der Waals surface area contributed by atoms with Crippen LogP contribution in [0.1, 0.15) is 38.2 Å². The van der Waals surface area contributed by atoms with Crippen molar-refractivity contribution >= 4 is 0 Å². The van der Waals surface area contributed by atoms with Crippen LogP contribution in [0.3, 0.4) is 0 Å². The van der Waals surface area contributed by atoms with Crippen LogP contribution in [-0.4, -0.2) is 31.1 Å². The number of likely N-dealkylation sites (N-methyl/N-ethyl adjacent to an activating group) is 2. The third-order valence-corrected chi connectivity index (χ3v) is 4.78. The molecule has 1 aliphatic carbocycles. The van der Waals surface area contributed by atoms with Crippen molar-refractivity contribution in [3.63, 3.8) is 0 Å². The monoisotopic (exact) mass is 278 g/mol. The van der Waals surface area contributed by atoms with Crippen LogP contribution >= 0.6 is 0 Å². The zero-order chi connectivity index (χ0) is 14.5. The molecule has 0 saturated heterocycles. The summed E-state index contributed by atoms with van der Waals surface area (Å²) in [7, 11) is 4.26. The van der Waals surface area contributed by atoms with Gasteiger partial charge in [-0.3, -0.25) is 4.90 Å². The van der Waals surface area contributed by atoms with Gasteiger partial charge >= 0.3 is 0 Å². The Labute approximate surface area is 122 Å². The molecule has 3 unspecified atom stereocenters. The van der Waals surface area contributed by atoms with Crippen molar-refractivity contribution in [3.05, 3.63) is 35.6 Å². The van der Waals surface area contributed by atoms with E-state index in [1.807, 2.05) is 12.1 Å². The molecule has 1 aromatic rings. The predicted octanol–water partition coefficient (Wildman–Crippen LogP) is 3.42. The summed E-state index contributed by atoms with van der Waals surface area (Å²) in [5.41, 5.74) is 1.18. The van der Waals surface area contributed by atoms with Gasteiger partial charge in [0.1, 0.15) is 5.82 Å². The van der Waals surface area contributed by atoms with E-state index in [9.17, 15) is 4.39 Å². The van der Waals surface area contributed by atoms with Gasteiger partial charge in [0.25, 0.3) is 0 Å². The molecule has 1 fully saturated rings. The molecule has 0 spiro atoms. The molecule has 0 aliphatic heterocycles. The van der Waals surface area contributed by atoms with Gasteiger partial charge in [-0.15, -0.1) is 0 Å². The van der Waals surface area contributed by atoms with Crippen molar-refractivity contribution in [3.8, 4) is 0 Å². The van der Waals surface area contributed by atoms with Crippen LogP contribution in [0.4, 0.5) is 4.39 Å². The first-order valence-electron chi connectivity index (χ1n) is 7.76. The molecule has 2 nitrogen and oxygen atoms in total. The minimum absolute atomic E-state index is 0.159. The van der Waals surface area contributed by atoms with Crippen LogP contribution < -0.4 is 5.32 Å². The van der Waals surface area contributed by atoms with Crippen molar-refractivity contribution in [2.45, 2.75) is 51.2 Å². The number of nitrogens with zero attached hydrogens (tertiary/aromatic N) is 1. The van der Waals surface area contributed by atoms with E-state index in [2.05, 4.69) is 31.2 Å². The SMILES string of the molecule is CCC1CCC(NC)C(N(C)Cc2ccc(F)cc2)C1. The second kappa shape index (κ2) is 7.19. The van der Waals surface area contributed by atoms with E-state index in [-0.39, 0.29) is 5.82 Å². The first-order valence-corrected chi connectivity index (χ1v) is 7.76. The van der Waals surface area contributed by atoms with Crippen molar-refractivity contribution in [2.75, 3.05) is 14.1 Å². The summed E-state index contributed by atoms with van der Waals surface area (Å²) in [6.07, 6.45) is 5.13. The number of hydrogen-bond donors (Lipinski definition) is 1. The Bertz CT molecular complexity index is 404. The van der Waals surface area contributed by atoms with E-state index in [0.29, 0.717) is 12.1 Å². The lowest BCUT2D eigenvalue weighted by Gasteiger charge is -2.41. The van der Waals surface area contributed by atoms with E-state index < -0.39 is 0 Å². The second-order valence-electron chi connectivity index (χ2n) is 6.09. The van der Waals surface area contributed by atoms with Crippen molar-refractivity contribution in [1.82, 2.24) is 10.2 Å². The molecule has 0 radical (unpaired) electrons. The Balaban J connectivity index is 2.01. The molecule has 1 saturated carbocycles. The fraction of sp³-hybridized carbons (Fsp3) is 0.647. The average Bonchev–Trinajstić information content (AvgIpc) is 2.48. The smallest absolute Gasteiger partial charge is 0.123 e. The van der Waals surface area contributed by atoms with E-state index in [1.54, 1.807) is 12.1 Å².